The number of fused-ring (bicyclic) bond motifs is 1. The van der Waals surface area contributed by atoms with Gasteiger partial charge in [0.05, 0.1) is 25.4 Å². The summed E-state index contributed by atoms with van der Waals surface area (Å²) >= 11 is 0. The first-order chi connectivity index (χ1) is 17.6. The third-order valence-corrected chi connectivity index (χ3v) is 7.42. The second kappa shape index (κ2) is 10.4. The monoisotopic (exact) mass is 515 g/mol. The van der Waals surface area contributed by atoms with Gasteiger partial charge in [0.15, 0.2) is 11.4 Å². The van der Waals surface area contributed by atoms with E-state index in [1.165, 1.54) is 12.1 Å². The number of carbonyl (C=O) groups is 1. The lowest BCUT2D eigenvalue weighted by Gasteiger charge is -2.43. The number of hydrogen-bond donors (Lipinski definition) is 1. The summed E-state index contributed by atoms with van der Waals surface area (Å²) in [5.41, 5.74) is 1.02. The normalized spacial score (nSPS) is 28.6. The first-order valence-corrected chi connectivity index (χ1v) is 13.0. The number of carbonyl (C=O) groups excluding carboxylic acids is 1. The van der Waals surface area contributed by atoms with Gasteiger partial charge in [-0.25, -0.2) is 8.78 Å². The molecule has 0 radical (unpaired) electrons. The molecule has 1 aliphatic heterocycles. The lowest BCUT2D eigenvalue weighted by Crippen LogP contribution is -2.60. The van der Waals surface area contributed by atoms with E-state index in [1.54, 1.807) is 0 Å². The minimum absolute atomic E-state index is 0.180. The van der Waals surface area contributed by atoms with Crippen LogP contribution in [0, 0.1) is 24.5 Å². The summed E-state index contributed by atoms with van der Waals surface area (Å²) in [4.78, 5) is 13.7. The molecule has 1 amide bonds. The quantitative estimate of drug-likeness (QED) is 0.512. The number of halogens is 2. The summed E-state index contributed by atoms with van der Waals surface area (Å²) in [6.45, 7) is 6.43. The predicted octanol–water partition coefficient (Wildman–Crippen LogP) is 4.95. The molecule has 1 N–H and O–H groups in total. The summed E-state index contributed by atoms with van der Waals surface area (Å²) in [6, 6.07) is 11.4. The highest BCUT2D eigenvalue weighted by Crippen LogP contribution is 2.44. The van der Waals surface area contributed by atoms with Crippen LogP contribution in [0.3, 0.4) is 0 Å². The highest BCUT2D eigenvalue weighted by Gasteiger charge is 2.58. The minimum atomic E-state index is -1.32. The molecular weight excluding hydrogens is 480 g/mol. The number of hydrogen-bond acceptors (Lipinski definition) is 5. The van der Waals surface area contributed by atoms with E-state index in [9.17, 15) is 13.6 Å². The van der Waals surface area contributed by atoms with Crippen molar-refractivity contribution >= 4 is 5.91 Å². The number of ether oxygens (including phenoxy) is 4. The molecule has 5 rings (SSSR count). The summed E-state index contributed by atoms with van der Waals surface area (Å²) in [5, 5.41) is 3.05. The molecule has 2 aromatic carbocycles. The number of amides is 1. The molecule has 37 heavy (non-hydrogen) atoms. The largest absolute Gasteiger partial charge is 0.371 e. The minimum Gasteiger partial charge on any atom is -0.371 e. The Morgan fingerprint density at radius 1 is 1.05 bits per heavy atom. The van der Waals surface area contributed by atoms with E-state index < -0.39 is 35.2 Å². The van der Waals surface area contributed by atoms with E-state index >= 15 is 0 Å². The lowest BCUT2D eigenvalue weighted by atomic mass is 9.78. The topological polar surface area (TPSA) is 66.0 Å². The Labute approximate surface area is 216 Å². The van der Waals surface area contributed by atoms with Crippen molar-refractivity contribution in [1.82, 2.24) is 5.32 Å². The molecule has 0 bridgehead atoms. The molecule has 2 aliphatic carbocycles. The standard InChI is InChI=1S/C29H35F2NO5/c1-18-4-6-20(7-5-18)16-34-24-13-29(27(33)32-15-19-8-9-19,14-25-26(24)37-28(2,3)36-25)35-17-21-10-11-22(30)12-23(21)31/h4-7,10-12,19,24-26H,8-9,13-17H2,1-3H3,(H,32,33)/t24?,25-,26+,29-/m1/s1. The molecule has 1 heterocycles. The zero-order valence-corrected chi connectivity index (χ0v) is 21.6. The zero-order chi connectivity index (χ0) is 26.2. The van der Waals surface area contributed by atoms with Gasteiger partial charge in [-0.3, -0.25) is 4.79 Å². The van der Waals surface area contributed by atoms with Gasteiger partial charge in [0.2, 0.25) is 0 Å². The molecule has 4 atom stereocenters. The number of rotatable bonds is 9. The fraction of sp³-hybridized carbons (Fsp3) is 0.552. The SMILES string of the molecule is Cc1ccc(COC2C[C@](OCc3ccc(F)cc3F)(C(=O)NCC3CC3)C[C@H]3OC(C)(C)O[C@@H]23)cc1. The van der Waals surface area contributed by atoms with Gasteiger partial charge in [-0.15, -0.1) is 0 Å². The Morgan fingerprint density at radius 2 is 1.81 bits per heavy atom. The Hall–Kier alpha value is -2.39. The van der Waals surface area contributed by atoms with Crippen LogP contribution >= 0.6 is 0 Å². The second-order valence-corrected chi connectivity index (χ2v) is 11.1. The van der Waals surface area contributed by atoms with Crippen LogP contribution in [0.4, 0.5) is 8.78 Å². The van der Waals surface area contributed by atoms with E-state index in [1.807, 2.05) is 45.0 Å². The molecule has 3 fully saturated rings. The molecule has 1 saturated heterocycles. The van der Waals surface area contributed by atoms with Crippen LogP contribution in [0.15, 0.2) is 42.5 Å². The maximum Gasteiger partial charge on any atom is 0.252 e. The van der Waals surface area contributed by atoms with Crippen molar-refractivity contribution in [3.05, 3.63) is 70.8 Å². The molecule has 0 spiro atoms. The van der Waals surface area contributed by atoms with Crippen molar-refractivity contribution in [2.45, 2.75) is 89.4 Å². The molecular formula is C29H35F2NO5. The zero-order valence-electron chi connectivity index (χ0n) is 21.6. The van der Waals surface area contributed by atoms with E-state index in [4.69, 9.17) is 18.9 Å². The first-order valence-electron chi connectivity index (χ1n) is 13.0. The van der Waals surface area contributed by atoms with Crippen LogP contribution in [-0.2, 0) is 37.0 Å². The summed E-state index contributed by atoms with van der Waals surface area (Å²) in [7, 11) is 0. The molecule has 0 aromatic heterocycles. The van der Waals surface area contributed by atoms with Gasteiger partial charge in [0.25, 0.3) is 5.91 Å². The molecule has 3 aliphatic rings. The Bertz CT molecular complexity index is 1120. The predicted molar refractivity (Wildman–Crippen MR) is 132 cm³/mol. The fourth-order valence-corrected chi connectivity index (χ4v) is 5.17. The van der Waals surface area contributed by atoms with Crippen molar-refractivity contribution in [3.63, 3.8) is 0 Å². The Kier molecular flexibility index (Phi) is 7.38. The van der Waals surface area contributed by atoms with E-state index in [0.29, 0.717) is 19.1 Å². The van der Waals surface area contributed by atoms with Gasteiger partial charge < -0.3 is 24.3 Å². The lowest BCUT2D eigenvalue weighted by molar-refractivity contribution is -0.183. The first kappa shape index (κ1) is 26.2. The van der Waals surface area contributed by atoms with E-state index in [2.05, 4.69) is 5.32 Å². The van der Waals surface area contributed by atoms with Crippen LogP contribution in [0.5, 0.6) is 0 Å². The summed E-state index contributed by atoms with van der Waals surface area (Å²) in [6.07, 6.45) is 1.32. The van der Waals surface area contributed by atoms with Crippen molar-refractivity contribution in [1.29, 1.82) is 0 Å². The Balaban J connectivity index is 1.40. The highest BCUT2D eigenvalue weighted by molar-refractivity contribution is 5.85. The van der Waals surface area contributed by atoms with Crippen molar-refractivity contribution < 1.29 is 32.5 Å². The molecule has 6 nitrogen and oxygen atoms in total. The van der Waals surface area contributed by atoms with Gasteiger partial charge in [0, 0.05) is 31.0 Å². The molecule has 1 unspecified atom stereocenters. The second-order valence-electron chi connectivity index (χ2n) is 11.1. The van der Waals surface area contributed by atoms with Crippen LogP contribution in [-0.4, -0.2) is 42.2 Å². The molecule has 2 aromatic rings. The van der Waals surface area contributed by atoms with Crippen molar-refractivity contribution in [2.24, 2.45) is 5.92 Å². The van der Waals surface area contributed by atoms with Gasteiger partial charge in [-0.1, -0.05) is 35.9 Å². The van der Waals surface area contributed by atoms with Gasteiger partial charge in [-0.2, -0.15) is 0 Å². The maximum absolute atomic E-state index is 14.4. The highest BCUT2D eigenvalue weighted by atomic mass is 19.1. The van der Waals surface area contributed by atoms with E-state index in [-0.39, 0.29) is 37.0 Å². The van der Waals surface area contributed by atoms with Crippen molar-refractivity contribution in [2.75, 3.05) is 6.54 Å². The average Bonchev–Trinajstić information content (AvgIpc) is 3.62. The van der Waals surface area contributed by atoms with Gasteiger partial charge >= 0.3 is 0 Å². The smallest absolute Gasteiger partial charge is 0.252 e. The average molecular weight is 516 g/mol. The fourth-order valence-electron chi connectivity index (χ4n) is 5.17. The van der Waals surface area contributed by atoms with Crippen molar-refractivity contribution in [3.8, 4) is 0 Å². The number of nitrogens with one attached hydrogen (secondary N) is 1. The molecule has 8 heteroatoms. The van der Waals surface area contributed by atoms with Gasteiger partial charge in [-0.05, 0) is 51.2 Å². The van der Waals surface area contributed by atoms with Crippen LogP contribution in [0.1, 0.15) is 56.2 Å². The van der Waals surface area contributed by atoms with Gasteiger partial charge in [0.1, 0.15) is 17.7 Å². The van der Waals surface area contributed by atoms with E-state index in [0.717, 1.165) is 30.0 Å². The van der Waals surface area contributed by atoms with Crippen LogP contribution < -0.4 is 5.32 Å². The Morgan fingerprint density at radius 3 is 2.51 bits per heavy atom. The van der Waals surface area contributed by atoms with Crippen LogP contribution in [0.2, 0.25) is 0 Å². The summed E-state index contributed by atoms with van der Waals surface area (Å²) in [5.74, 6) is -2.01. The third kappa shape index (κ3) is 6.20. The summed E-state index contributed by atoms with van der Waals surface area (Å²) < 4.78 is 52.9. The molecule has 200 valence electrons. The number of aryl methyl sites for hydroxylation is 1. The van der Waals surface area contributed by atoms with Crippen LogP contribution in [0.25, 0.3) is 0 Å². The number of benzene rings is 2. The third-order valence-electron chi connectivity index (χ3n) is 7.42. The molecule has 2 saturated carbocycles. The maximum atomic E-state index is 14.4.